The van der Waals surface area contributed by atoms with E-state index in [1.807, 2.05) is 54.8 Å². The standard InChI is InChI=1S/C19H26N6O/c1-15-17(21-13-20-15)12-24(11-10-23(2)3)19(26)8-9-25-14-22-16-6-4-5-7-18(16)25/h4-7,13-14H,8-12H2,1-3H3,(H,20,21). The summed E-state index contributed by atoms with van der Waals surface area (Å²) in [6.45, 7) is 4.64. The number of nitrogens with one attached hydrogen (secondary N) is 1. The van der Waals surface area contributed by atoms with Gasteiger partial charge in [0.25, 0.3) is 0 Å². The van der Waals surface area contributed by atoms with Crippen LogP contribution in [0, 0.1) is 6.92 Å². The van der Waals surface area contributed by atoms with Crippen LogP contribution in [0.5, 0.6) is 0 Å². The Morgan fingerprint density at radius 1 is 1.19 bits per heavy atom. The van der Waals surface area contributed by atoms with Crippen molar-refractivity contribution in [3.05, 3.63) is 48.3 Å². The molecule has 0 saturated carbocycles. The predicted molar refractivity (Wildman–Crippen MR) is 102 cm³/mol. The van der Waals surface area contributed by atoms with E-state index in [1.54, 1.807) is 12.7 Å². The Morgan fingerprint density at radius 2 is 2.00 bits per heavy atom. The molecule has 1 N–H and O–H groups in total. The van der Waals surface area contributed by atoms with Crippen molar-refractivity contribution in [3.63, 3.8) is 0 Å². The molecule has 7 heteroatoms. The molecule has 7 nitrogen and oxygen atoms in total. The van der Waals surface area contributed by atoms with Crippen LogP contribution in [0.15, 0.2) is 36.9 Å². The number of H-pyrrole nitrogens is 1. The third-order valence-corrected chi connectivity index (χ3v) is 4.54. The van der Waals surface area contributed by atoms with E-state index in [4.69, 9.17) is 0 Å². The van der Waals surface area contributed by atoms with Crippen molar-refractivity contribution in [2.24, 2.45) is 0 Å². The largest absolute Gasteiger partial charge is 0.348 e. The molecule has 138 valence electrons. The third-order valence-electron chi connectivity index (χ3n) is 4.54. The summed E-state index contributed by atoms with van der Waals surface area (Å²) in [6.07, 6.45) is 3.92. The Morgan fingerprint density at radius 3 is 2.73 bits per heavy atom. The zero-order chi connectivity index (χ0) is 18.5. The first-order chi connectivity index (χ1) is 12.5. The van der Waals surface area contributed by atoms with Gasteiger partial charge < -0.3 is 19.4 Å². The maximum Gasteiger partial charge on any atom is 0.224 e. The molecule has 0 unspecified atom stereocenters. The number of nitrogens with zero attached hydrogens (tertiary/aromatic N) is 5. The molecular weight excluding hydrogens is 328 g/mol. The lowest BCUT2D eigenvalue weighted by Gasteiger charge is -2.24. The highest BCUT2D eigenvalue weighted by Gasteiger charge is 2.17. The lowest BCUT2D eigenvalue weighted by molar-refractivity contribution is -0.132. The van der Waals surface area contributed by atoms with Crippen molar-refractivity contribution in [2.75, 3.05) is 27.2 Å². The predicted octanol–water partition coefficient (Wildman–Crippen LogP) is 2.05. The van der Waals surface area contributed by atoms with E-state index < -0.39 is 0 Å². The maximum atomic E-state index is 12.9. The Bertz CT molecular complexity index is 866. The van der Waals surface area contributed by atoms with Crippen LogP contribution in [0.25, 0.3) is 11.0 Å². The molecule has 0 aliphatic carbocycles. The molecule has 26 heavy (non-hydrogen) atoms. The molecule has 0 bridgehead atoms. The Balaban J connectivity index is 1.67. The number of para-hydroxylation sites is 2. The van der Waals surface area contributed by atoms with Gasteiger partial charge in [0.05, 0.1) is 35.9 Å². The van der Waals surface area contributed by atoms with Crippen LogP contribution in [-0.2, 0) is 17.9 Å². The van der Waals surface area contributed by atoms with Crippen LogP contribution in [0.4, 0.5) is 0 Å². The Labute approximate surface area is 153 Å². The summed E-state index contributed by atoms with van der Waals surface area (Å²) in [4.78, 5) is 28.6. The van der Waals surface area contributed by atoms with E-state index in [0.29, 0.717) is 26.1 Å². The first kappa shape index (κ1) is 18.1. The van der Waals surface area contributed by atoms with Crippen LogP contribution in [0.1, 0.15) is 17.8 Å². The number of benzene rings is 1. The summed E-state index contributed by atoms with van der Waals surface area (Å²) in [5, 5.41) is 0. The van der Waals surface area contributed by atoms with E-state index in [-0.39, 0.29) is 5.91 Å². The topological polar surface area (TPSA) is 70.1 Å². The van der Waals surface area contributed by atoms with Crippen LogP contribution in [0.3, 0.4) is 0 Å². The van der Waals surface area contributed by atoms with Gasteiger partial charge in [0.15, 0.2) is 0 Å². The average molecular weight is 354 g/mol. The fraction of sp³-hybridized carbons (Fsp3) is 0.421. The highest BCUT2D eigenvalue weighted by atomic mass is 16.2. The molecule has 1 amide bonds. The first-order valence-electron chi connectivity index (χ1n) is 8.86. The summed E-state index contributed by atoms with van der Waals surface area (Å²) >= 11 is 0. The third kappa shape index (κ3) is 4.29. The van der Waals surface area contributed by atoms with Gasteiger partial charge in [0.1, 0.15) is 0 Å². The van der Waals surface area contributed by atoms with Crippen LogP contribution >= 0.6 is 0 Å². The average Bonchev–Trinajstić information content (AvgIpc) is 3.22. The SMILES string of the molecule is Cc1[nH]cnc1CN(CCN(C)C)C(=O)CCn1cnc2ccccc21. The normalized spacial score (nSPS) is 11.4. The number of hydrogen-bond acceptors (Lipinski definition) is 4. The Kier molecular flexibility index (Phi) is 5.68. The fourth-order valence-corrected chi connectivity index (χ4v) is 2.90. The smallest absolute Gasteiger partial charge is 0.224 e. The molecule has 0 atom stereocenters. The molecule has 1 aromatic carbocycles. The molecule has 2 heterocycles. The number of carbonyl (C=O) groups is 1. The molecule has 0 saturated heterocycles. The molecule has 3 aromatic rings. The monoisotopic (exact) mass is 354 g/mol. The van der Waals surface area contributed by atoms with E-state index in [9.17, 15) is 4.79 Å². The molecular formula is C19H26N6O. The van der Waals surface area contributed by atoms with E-state index >= 15 is 0 Å². The number of aromatic amines is 1. The lowest BCUT2D eigenvalue weighted by atomic mass is 10.2. The fourth-order valence-electron chi connectivity index (χ4n) is 2.90. The van der Waals surface area contributed by atoms with Gasteiger partial charge in [-0.05, 0) is 33.2 Å². The van der Waals surface area contributed by atoms with Gasteiger partial charge in [-0.3, -0.25) is 4.79 Å². The number of imidazole rings is 2. The number of likely N-dealkylation sites (N-methyl/N-ethyl adjacent to an activating group) is 1. The second-order valence-corrected chi connectivity index (χ2v) is 6.77. The van der Waals surface area contributed by atoms with E-state index in [2.05, 4.69) is 19.9 Å². The van der Waals surface area contributed by atoms with Gasteiger partial charge in [-0.25, -0.2) is 9.97 Å². The number of fused-ring (bicyclic) bond motifs is 1. The summed E-state index contributed by atoms with van der Waals surface area (Å²) in [5.41, 5.74) is 3.94. The van der Waals surface area contributed by atoms with Gasteiger partial charge >= 0.3 is 0 Å². The van der Waals surface area contributed by atoms with Gasteiger partial charge in [0, 0.05) is 31.7 Å². The highest BCUT2D eigenvalue weighted by molar-refractivity contribution is 5.77. The van der Waals surface area contributed by atoms with Crippen LogP contribution in [-0.4, -0.2) is 62.4 Å². The second-order valence-electron chi connectivity index (χ2n) is 6.77. The first-order valence-corrected chi connectivity index (χ1v) is 8.86. The van der Waals surface area contributed by atoms with Crippen LogP contribution in [0.2, 0.25) is 0 Å². The van der Waals surface area contributed by atoms with Gasteiger partial charge in [-0.15, -0.1) is 0 Å². The van der Waals surface area contributed by atoms with Crippen molar-refractivity contribution >= 4 is 16.9 Å². The van der Waals surface area contributed by atoms with Crippen molar-refractivity contribution in [3.8, 4) is 0 Å². The minimum Gasteiger partial charge on any atom is -0.348 e. The minimum absolute atomic E-state index is 0.132. The van der Waals surface area contributed by atoms with Crippen molar-refractivity contribution in [2.45, 2.75) is 26.4 Å². The molecule has 0 aliphatic heterocycles. The van der Waals surface area contributed by atoms with Crippen molar-refractivity contribution < 1.29 is 4.79 Å². The van der Waals surface area contributed by atoms with E-state index in [0.717, 1.165) is 29.0 Å². The van der Waals surface area contributed by atoms with Gasteiger partial charge in [-0.2, -0.15) is 0 Å². The molecule has 0 spiro atoms. The molecule has 0 aliphatic rings. The Hall–Kier alpha value is -2.67. The van der Waals surface area contributed by atoms with Crippen LogP contribution < -0.4 is 0 Å². The summed E-state index contributed by atoms with van der Waals surface area (Å²) in [5.74, 6) is 0.132. The number of hydrogen-bond donors (Lipinski definition) is 1. The lowest BCUT2D eigenvalue weighted by Crippen LogP contribution is -2.36. The number of aromatic nitrogens is 4. The molecule has 0 radical (unpaired) electrons. The zero-order valence-electron chi connectivity index (χ0n) is 15.6. The highest BCUT2D eigenvalue weighted by Crippen LogP contribution is 2.13. The number of aryl methyl sites for hydroxylation is 2. The number of rotatable bonds is 8. The summed E-state index contributed by atoms with van der Waals surface area (Å²) in [6, 6.07) is 7.98. The summed E-state index contributed by atoms with van der Waals surface area (Å²) in [7, 11) is 4.03. The quantitative estimate of drug-likeness (QED) is 0.672. The molecule has 2 aromatic heterocycles. The van der Waals surface area contributed by atoms with Gasteiger partial charge in [-0.1, -0.05) is 12.1 Å². The second kappa shape index (κ2) is 8.14. The van der Waals surface area contributed by atoms with E-state index in [1.165, 1.54) is 0 Å². The molecule has 3 rings (SSSR count). The van der Waals surface area contributed by atoms with Crippen molar-refractivity contribution in [1.29, 1.82) is 0 Å². The summed E-state index contributed by atoms with van der Waals surface area (Å²) < 4.78 is 2.04. The minimum atomic E-state index is 0.132. The zero-order valence-corrected chi connectivity index (χ0v) is 15.6. The molecule has 0 fully saturated rings. The van der Waals surface area contributed by atoms with Crippen molar-refractivity contribution in [1.82, 2.24) is 29.3 Å². The maximum absolute atomic E-state index is 12.9. The van der Waals surface area contributed by atoms with Gasteiger partial charge in [0.2, 0.25) is 5.91 Å². The number of amides is 1. The number of carbonyl (C=O) groups excluding carboxylic acids is 1.